The number of nitrogens with zero attached hydrogens (tertiary/aromatic N) is 1. The number of fused-ring (bicyclic) bond motifs is 1. The van der Waals surface area contributed by atoms with Crippen LogP contribution in [0.4, 0.5) is 13.6 Å². The molecule has 28 heavy (non-hydrogen) atoms. The first-order chi connectivity index (χ1) is 13.0. The maximum Gasteiger partial charge on any atom is 0.410 e. The smallest absolute Gasteiger partial charge is 0.410 e. The molecule has 1 aliphatic rings. The summed E-state index contributed by atoms with van der Waals surface area (Å²) in [5, 5.41) is 11.4. The minimum atomic E-state index is -2.72. The second-order valence-electron chi connectivity index (χ2n) is 7.70. The lowest BCUT2D eigenvalue weighted by Crippen LogP contribution is -2.39. The highest BCUT2D eigenvalue weighted by atomic mass is 19.3. The number of hydrogen-bond acceptors (Lipinski definition) is 4. The summed E-state index contributed by atoms with van der Waals surface area (Å²) >= 11 is 0. The summed E-state index contributed by atoms with van der Waals surface area (Å²) in [6, 6.07) is 4.09. The summed E-state index contributed by atoms with van der Waals surface area (Å²) < 4.78 is 32.6. The highest BCUT2D eigenvalue weighted by Gasteiger charge is 2.25. The molecule has 6 nitrogen and oxygen atoms in total. The molecule has 0 unspecified atom stereocenters. The Bertz CT molecular complexity index is 957. The molecule has 0 saturated heterocycles. The summed E-state index contributed by atoms with van der Waals surface area (Å²) in [5.41, 5.74) is 0.516. The Labute approximate surface area is 160 Å². The summed E-state index contributed by atoms with van der Waals surface area (Å²) in [7, 11) is 0. The average Bonchev–Trinajstić information content (AvgIpc) is 3.02. The molecule has 0 saturated carbocycles. The Morgan fingerprint density at radius 2 is 1.96 bits per heavy atom. The van der Waals surface area contributed by atoms with E-state index in [1.54, 1.807) is 26.8 Å². The van der Waals surface area contributed by atoms with Gasteiger partial charge < -0.3 is 24.5 Å². The molecule has 3 rings (SSSR count). The van der Waals surface area contributed by atoms with E-state index in [0.717, 1.165) is 0 Å². The first kappa shape index (κ1) is 19.9. The van der Waals surface area contributed by atoms with Gasteiger partial charge in [0.15, 0.2) is 0 Å². The molecule has 1 N–H and O–H groups in total. The number of nitrogens with one attached hydrogen (secondary N) is 1. The SMILES string of the molecule is CC(C)(C)OC(=O)N1CC=C(c2cc3[nH]c(C(=O)[O-])cc3cc2C(F)F)CC1. The summed E-state index contributed by atoms with van der Waals surface area (Å²) in [5.74, 6) is -1.40. The van der Waals surface area contributed by atoms with Crippen molar-refractivity contribution in [1.82, 2.24) is 9.88 Å². The maximum absolute atomic E-state index is 13.6. The summed E-state index contributed by atoms with van der Waals surface area (Å²) in [4.78, 5) is 27.4. The highest BCUT2D eigenvalue weighted by Crippen LogP contribution is 2.35. The molecular formula is C20H21F2N2O4-. The zero-order chi connectivity index (χ0) is 20.6. The lowest BCUT2D eigenvalue weighted by atomic mass is 9.94. The van der Waals surface area contributed by atoms with Gasteiger partial charge in [-0.1, -0.05) is 6.08 Å². The molecule has 1 aromatic carbocycles. The molecule has 0 radical (unpaired) electrons. The number of aromatic amines is 1. The van der Waals surface area contributed by atoms with Gasteiger partial charge in [-0.05, 0) is 56.5 Å². The first-order valence-electron chi connectivity index (χ1n) is 8.88. The standard InChI is InChI=1S/C20H22F2N2O4/c1-20(2,3)28-19(27)24-6-4-11(5-7-24)13-10-15-12(8-14(13)17(21)22)9-16(23-15)18(25)26/h4,8-10,17,23H,5-7H2,1-3H3,(H,25,26)/p-1. The number of carboxylic acid groups (broad SMARTS) is 1. The number of ether oxygens (including phenoxy) is 1. The van der Waals surface area contributed by atoms with Crippen LogP contribution in [0.1, 0.15) is 55.2 Å². The third-order valence-electron chi connectivity index (χ3n) is 4.45. The Kier molecular flexibility index (Phi) is 5.14. The number of aromatic nitrogens is 1. The number of aromatic carboxylic acids is 1. The number of amides is 1. The number of carbonyl (C=O) groups excluding carboxylic acids is 2. The van der Waals surface area contributed by atoms with Crippen LogP contribution in [0.15, 0.2) is 24.3 Å². The maximum atomic E-state index is 13.6. The van der Waals surface area contributed by atoms with Crippen molar-refractivity contribution in [1.29, 1.82) is 0 Å². The van der Waals surface area contributed by atoms with E-state index in [9.17, 15) is 23.5 Å². The molecule has 0 aliphatic carbocycles. The van der Waals surface area contributed by atoms with E-state index >= 15 is 0 Å². The number of carboxylic acids is 1. The number of hydrogen-bond donors (Lipinski definition) is 1. The van der Waals surface area contributed by atoms with Crippen molar-refractivity contribution in [3.63, 3.8) is 0 Å². The zero-order valence-corrected chi connectivity index (χ0v) is 15.8. The highest BCUT2D eigenvalue weighted by molar-refractivity contribution is 5.94. The van der Waals surface area contributed by atoms with Crippen molar-refractivity contribution in [2.24, 2.45) is 0 Å². The minimum absolute atomic E-state index is 0.166. The lowest BCUT2D eigenvalue weighted by Gasteiger charge is -2.30. The number of alkyl halides is 2. The average molecular weight is 391 g/mol. The van der Waals surface area contributed by atoms with Crippen LogP contribution in [0.5, 0.6) is 0 Å². The van der Waals surface area contributed by atoms with Crippen molar-refractivity contribution in [3.05, 3.63) is 41.1 Å². The van der Waals surface area contributed by atoms with Crippen LogP contribution >= 0.6 is 0 Å². The Hall–Kier alpha value is -2.90. The Morgan fingerprint density at radius 1 is 1.25 bits per heavy atom. The molecule has 1 amide bonds. The van der Waals surface area contributed by atoms with Crippen LogP contribution < -0.4 is 5.11 Å². The number of halogens is 2. The van der Waals surface area contributed by atoms with Crippen molar-refractivity contribution in [2.75, 3.05) is 13.1 Å². The van der Waals surface area contributed by atoms with E-state index in [1.165, 1.54) is 23.1 Å². The molecule has 0 bridgehead atoms. The van der Waals surface area contributed by atoms with Crippen LogP contribution in [0.25, 0.3) is 16.5 Å². The first-order valence-corrected chi connectivity index (χ1v) is 8.88. The minimum Gasteiger partial charge on any atom is -0.543 e. The molecule has 1 aliphatic heterocycles. The predicted molar refractivity (Wildman–Crippen MR) is 98.0 cm³/mol. The van der Waals surface area contributed by atoms with Crippen LogP contribution in [0.2, 0.25) is 0 Å². The second-order valence-corrected chi connectivity index (χ2v) is 7.70. The summed E-state index contributed by atoms with van der Waals surface area (Å²) in [6.07, 6.45) is -1.05. The fourth-order valence-electron chi connectivity index (χ4n) is 3.17. The number of rotatable bonds is 3. The van der Waals surface area contributed by atoms with Crippen molar-refractivity contribution < 1.29 is 28.2 Å². The van der Waals surface area contributed by atoms with Crippen molar-refractivity contribution in [2.45, 2.75) is 39.2 Å². The Morgan fingerprint density at radius 3 is 2.50 bits per heavy atom. The predicted octanol–water partition coefficient (Wildman–Crippen LogP) is 3.49. The molecule has 0 spiro atoms. The van der Waals surface area contributed by atoms with E-state index in [-0.39, 0.29) is 17.8 Å². The molecule has 2 heterocycles. The van der Waals surface area contributed by atoms with Crippen LogP contribution in [-0.4, -0.2) is 40.6 Å². The van der Waals surface area contributed by atoms with Gasteiger partial charge >= 0.3 is 6.09 Å². The molecular weight excluding hydrogens is 370 g/mol. The topological polar surface area (TPSA) is 85.5 Å². The van der Waals surface area contributed by atoms with Gasteiger partial charge in [-0.15, -0.1) is 0 Å². The summed E-state index contributed by atoms with van der Waals surface area (Å²) in [6.45, 7) is 5.92. The van der Waals surface area contributed by atoms with Gasteiger partial charge in [0.05, 0.1) is 11.7 Å². The van der Waals surface area contributed by atoms with Crippen molar-refractivity contribution in [3.8, 4) is 0 Å². The molecule has 0 atom stereocenters. The van der Waals surface area contributed by atoms with Gasteiger partial charge in [0.25, 0.3) is 6.43 Å². The number of carbonyl (C=O) groups is 2. The third kappa shape index (κ3) is 4.16. The van der Waals surface area contributed by atoms with Gasteiger partial charge in [0, 0.05) is 29.6 Å². The van der Waals surface area contributed by atoms with Gasteiger partial charge in [-0.2, -0.15) is 0 Å². The van der Waals surface area contributed by atoms with E-state index in [0.29, 0.717) is 35.0 Å². The molecule has 2 aromatic rings. The number of benzene rings is 1. The Balaban J connectivity index is 1.91. The van der Waals surface area contributed by atoms with E-state index in [1.807, 2.05) is 0 Å². The largest absolute Gasteiger partial charge is 0.543 e. The van der Waals surface area contributed by atoms with E-state index < -0.39 is 24.1 Å². The normalized spacial score (nSPS) is 15.1. The van der Waals surface area contributed by atoms with Crippen LogP contribution in [-0.2, 0) is 4.74 Å². The zero-order valence-electron chi connectivity index (χ0n) is 15.8. The number of H-pyrrole nitrogens is 1. The van der Waals surface area contributed by atoms with Gasteiger partial charge in [0.2, 0.25) is 0 Å². The lowest BCUT2D eigenvalue weighted by molar-refractivity contribution is -0.255. The van der Waals surface area contributed by atoms with Gasteiger partial charge in [-0.25, -0.2) is 13.6 Å². The third-order valence-corrected chi connectivity index (χ3v) is 4.45. The molecule has 0 fully saturated rings. The van der Waals surface area contributed by atoms with Gasteiger partial charge in [0.1, 0.15) is 5.60 Å². The molecule has 1 aromatic heterocycles. The van der Waals surface area contributed by atoms with Gasteiger partial charge in [-0.3, -0.25) is 0 Å². The quantitative estimate of drug-likeness (QED) is 0.868. The molecule has 8 heteroatoms. The van der Waals surface area contributed by atoms with Crippen molar-refractivity contribution >= 4 is 28.5 Å². The fourth-order valence-corrected chi connectivity index (χ4v) is 3.17. The van der Waals surface area contributed by atoms with Crippen LogP contribution in [0.3, 0.4) is 0 Å². The fraction of sp³-hybridized carbons (Fsp3) is 0.400. The van der Waals surface area contributed by atoms with Crippen LogP contribution in [0, 0.1) is 0 Å². The van der Waals surface area contributed by atoms with E-state index in [4.69, 9.17) is 4.74 Å². The second kappa shape index (κ2) is 7.26. The monoisotopic (exact) mass is 391 g/mol. The molecule has 150 valence electrons. The van der Waals surface area contributed by atoms with E-state index in [2.05, 4.69) is 4.98 Å².